The Hall–Kier alpha value is -1.04. The van der Waals surface area contributed by atoms with Gasteiger partial charge in [-0.15, -0.1) is 0 Å². The van der Waals surface area contributed by atoms with E-state index in [-0.39, 0.29) is 17.8 Å². The van der Waals surface area contributed by atoms with Gasteiger partial charge in [0.1, 0.15) is 0 Å². The third kappa shape index (κ3) is 1.27. The van der Waals surface area contributed by atoms with Gasteiger partial charge < -0.3 is 4.74 Å². The summed E-state index contributed by atoms with van der Waals surface area (Å²) >= 11 is 0. The first-order valence-corrected chi connectivity index (χ1v) is 3.24. The number of esters is 1. The van der Waals surface area contributed by atoms with Crippen LogP contribution in [-0.4, -0.2) is 13.1 Å². The molecule has 0 aliphatic heterocycles. The second-order valence-electron chi connectivity index (χ2n) is 2.49. The molecular weight excluding hydrogens is 130 g/mol. The molecule has 0 N–H and O–H groups in total. The van der Waals surface area contributed by atoms with Crippen LogP contribution in [-0.2, 0) is 9.53 Å². The SMILES string of the molecule is COC(=O)[C@H]1C[C@H]1CC#N. The molecule has 3 heteroatoms. The molecule has 0 heterocycles. The first-order chi connectivity index (χ1) is 4.79. The minimum Gasteiger partial charge on any atom is -0.469 e. The predicted octanol–water partition coefficient (Wildman–Crippen LogP) is 0.709. The number of carbonyl (C=O) groups excluding carboxylic acids is 1. The van der Waals surface area contributed by atoms with E-state index in [9.17, 15) is 4.79 Å². The summed E-state index contributed by atoms with van der Waals surface area (Å²) in [5, 5.41) is 8.25. The molecule has 2 atom stereocenters. The quantitative estimate of drug-likeness (QED) is 0.529. The molecule has 1 rings (SSSR count). The van der Waals surface area contributed by atoms with Gasteiger partial charge in [0.25, 0.3) is 0 Å². The molecule has 1 fully saturated rings. The maximum Gasteiger partial charge on any atom is 0.308 e. The van der Waals surface area contributed by atoms with E-state index in [0.29, 0.717) is 6.42 Å². The van der Waals surface area contributed by atoms with Crippen LogP contribution in [0.3, 0.4) is 0 Å². The van der Waals surface area contributed by atoms with Gasteiger partial charge in [0.15, 0.2) is 0 Å². The second-order valence-corrected chi connectivity index (χ2v) is 2.49. The molecule has 10 heavy (non-hydrogen) atoms. The largest absolute Gasteiger partial charge is 0.469 e. The van der Waals surface area contributed by atoms with E-state index in [0.717, 1.165) is 6.42 Å². The van der Waals surface area contributed by atoms with Gasteiger partial charge in [0.05, 0.1) is 19.1 Å². The summed E-state index contributed by atoms with van der Waals surface area (Å²) in [6.45, 7) is 0. The summed E-state index contributed by atoms with van der Waals surface area (Å²) in [4.78, 5) is 10.7. The van der Waals surface area contributed by atoms with E-state index < -0.39 is 0 Å². The van der Waals surface area contributed by atoms with E-state index in [1.54, 1.807) is 0 Å². The van der Waals surface area contributed by atoms with Crippen molar-refractivity contribution in [1.29, 1.82) is 5.26 Å². The van der Waals surface area contributed by atoms with Gasteiger partial charge in [-0.2, -0.15) is 5.26 Å². The van der Waals surface area contributed by atoms with Crippen LogP contribution in [0.15, 0.2) is 0 Å². The van der Waals surface area contributed by atoms with Crippen molar-refractivity contribution in [1.82, 2.24) is 0 Å². The highest BCUT2D eigenvalue weighted by Crippen LogP contribution is 2.41. The first kappa shape index (κ1) is 7.07. The predicted molar refractivity (Wildman–Crippen MR) is 33.8 cm³/mol. The molecule has 0 amide bonds. The van der Waals surface area contributed by atoms with Crippen LogP contribution in [0.2, 0.25) is 0 Å². The van der Waals surface area contributed by atoms with Gasteiger partial charge in [0, 0.05) is 6.42 Å². The van der Waals surface area contributed by atoms with Gasteiger partial charge in [-0.25, -0.2) is 0 Å². The average Bonchev–Trinajstić information content (AvgIpc) is 2.67. The Morgan fingerprint density at radius 1 is 1.90 bits per heavy atom. The monoisotopic (exact) mass is 139 g/mol. The average molecular weight is 139 g/mol. The second kappa shape index (κ2) is 2.70. The van der Waals surface area contributed by atoms with E-state index in [2.05, 4.69) is 4.74 Å². The molecule has 0 bridgehead atoms. The number of nitriles is 1. The lowest BCUT2D eigenvalue weighted by Crippen LogP contribution is -2.03. The lowest BCUT2D eigenvalue weighted by atomic mass is 10.2. The lowest BCUT2D eigenvalue weighted by molar-refractivity contribution is -0.142. The number of hydrogen-bond acceptors (Lipinski definition) is 3. The van der Waals surface area contributed by atoms with Crippen molar-refractivity contribution >= 4 is 5.97 Å². The molecule has 54 valence electrons. The normalized spacial score (nSPS) is 28.8. The number of methoxy groups -OCH3 is 1. The Morgan fingerprint density at radius 2 is 2.60 bits per heavy atom. The van der Waals surface area contributed by atoms with Crippen molar-refractivity contribution in [2.24, 2.45) is 11.8 Å². The van der Waals surface area contributed by atoms with Gasteiger partial charge in [0.2, 0.25) is 0 Å². The molecule has 0 unspecified atom stereocenters. The maximum atomic E-state index is 10.7. The zero-order valence-corrected chi connectivity index (χ0v) is 5.83. The molecule has 3 nitrogen and oxygen atoms in total. The van der Waals surface area contributed by atoms with Crippen molar-refractivity contribution in [3.63, 3.8) is 0 Å². The summed E-state index contributed by atoms with van der Waals surface area (Å²) in [5.74, 6) is 0.127. The van der Waals surface area contributed by atoms with Crippen LogP contribution in [0.5, 0.6) is 0 Å². The summed E-state index contributed by atoms with van der Waals surface area (Å²) < 4.78 is 4.50. The molecule has 0 spiro atoms. The maximum absolute atomic E-state index is 10.7. The van der Waals surface area contributed by atoms with Crippen LogP contribution in [0.1, 0.15) is 12.8 Å². The van der Waals surface area contributed by atoms with Gasteiger partial charge in [-0.3, -0.25) is 4.79 Å². The number of hydrogen-bond donors (Lipinski definition) is 0. The third-order valence-corrected chi connectivity index (χ3v) is 1.78. The number of carbonyl (C=O) groups is 1. The highest BCUT2D eigenvalue weighted by molar-refractivity contribution is 5.75. The zero-order valence-electron chi connectivity index (χ0n) is 5.83. The van der Waals surface area contributed by atoms with Crippen molar-refractivity contribution < 1.29 is 9.53 Å². The highest BCUT2D eigenvalue weighted by Gasteiger charge is 2.43. The molecular formula is C7H9NO2. The highest BCUT2D eigenvalue weighted by atomic mass is 16.5. The van der Waals surface area contributed by atoms with E-state index >= 15 is 0 Å². The van der Waals surface area contributed by atoms with Crippen molar-refractivity contribution in [2.45, 2.75) is 12.8 Å². The van der Waals surface area contributed by atoms with Gasteiger partial charge in [-0.05, 0) is 12.3 Å². The fraction of sp³-hybridized carbons (Fsp3) is 0.714. The molecule has 0 radical (unpaired) electrons. The van der Waals surface area contributed by atoms with E-state index in [1.807, 2.05) is 6.07 Å². The fourth-order valence-electron chi connectivity index (χ4n) is 1.03. The zero-order chi connectivity index (χ0) is 7.56. The smallest absolute Gasteiger partial charge is 0.308 e. The Balaban J connectivity index is 2.26. The third-order valence-electron chi connectivity index (χ3n) is 1.78. The van der Waals surface area contributed by atoms with Crippen LogP contribution in [0.4, 0.5) is 0 Å². The van der Waals surface area contributed by atoms with E-state index in [1.165, 1.54) is 7.11 Å². The first-order valence-electron chi connectivity index (χ1n) is 3.24. The summed E-state index contributed by atoms with van der Waals surface area (Å²) in [5.41, 5.74) is 0. The van der Waals surface area contributed by atoms with Crippen molar-refractivity contribution in [2.75, 3.05) is 7.11 Å². The Bertz CT molecular complexity index is 183. The summed E-state index contributed by atoms with van der Waals surface area (Å²) in [6.07, 6.45) is 1.32. The van der Waals surface area contributed by atoms with Crippen LogP contribution >= 0.6 is 0 Å². The minimum absolute atomic E-state index is 0.0182. The molecule has 0 aromatic carbocycles. The Kier molecular flexibility index (Phi) is 1.91. The standard InChI is InChI=1S/C7H9NO2/c1-10-7(9)6-4-5(6)2-3-8/h5-6H,2,4H2,1H3/t5-,6+/m1/s1. The summed E-state index contributed by atoms with van der Waals surface area (Å²) in [7, 11) is 1.38. The van der Waals surface area contributed by atoms with Crippen LogP contribution in [0.25, 0.3) is 0 Å². The molecule has 1 saturated carbocycles. The topological polar surface area (TPSA) is 50.1 Å². The molecule has 0 aromatic heterocycles. The lowest BCUT2D eigenvalue weighted by Gasteiger charge is -1.92. The van der Waals surface area contributed by atoms with Crippen LogP contribution < -0.4 is 0 Å². The molecule has 0 aromatic rings. The summed E-state index contributed by atoms with van der Waals surface area (Å²) in [6, 6.07) is 2.03. The van der Waals surface area contributed by atoms with E-state index in [4.69, 9.17) is 5.26 Å². The Morgan fingerprint density at radius 3 is 3.10 bits per heavy atom. The molecule has 0 saturated heterocycles. The number of rotatable bonds is 2. The molecule has 1 aliphatic rings. The van der Waals surface area contributed by atoms with Gasteiger partial charge >= 0.3 is 5.97 Å². The Labute approximate surface area is 59.6 Å². The van der Waals surface area contributed by atoms with Gasteiger partial charge in [-0.1, -0.05) is 0 Å². The van der Waals surface area contributed by atoms with Crippen LogP contribution in [0, 0.1) is 23.2 Å². The number of ether oxygens (including phenoxy) is 1. The fourth-order valence-corrected chi connectivity index (χ4v) is 1.03. The minimum atomic E-state index is -0.166. The van der Waals surface area contributed by atoms with Crippen molar-refractivity contribution in [3.8, 4) is 6.07 Å². The van der Waals surface area contributed by atoms with Crippen molar-refractivity contribution in [3.05, 3.63) is 0 Å². The number of nitrogens with zero attached hydrogens (tertiary/aromatic N) is 1. The molecule has 1 aliphatic carbocycles.